The smallest absolute Gasteiger partial charge is 0.0586 e. The Morgan fingerprint density at radius 1 is 0.450 bits per heavy atom. The first-order valence-corrected chi connectivity index (χ1v) is 15.4. The fraction of sp³-hybridized carbons (Fsp3) is 1.00. The van der Waals surface area contributed by atoms with E-state index < -0.39 is 14.5 Å². The van der Waals surface area contributed by atoms with Gasteiger partial charge >= 0.3 is 0 Å². The highest BCUT2D eigenvalue weighted by atomic mass is 31.2. The van der Waals surface area contributed by atoms with E-state index in [4.69, 9.17) is 0 Å². The second-order valence-corrected chi connectivity index (χ2v) is 18.2. The maximum Gasteiger partial charge on any atom is 0.0586 e. The van der Waals surface area contributed by atoms with Gasteiger partial charge in [0.05, 0.1) is 12.3 Å². The molecule has 0 spiro atoms. The monoisotopic (exact) mass is 322 g/mol. The topological polar surface area (TPSA) is 0 Å². The van der Waals surface area contributed by atoms with Crippen molar-refractivity contribution in [3.63, 3.8) is 0 Å². The quantitative estimate of drug-likeness (QED) is 0.301. The second-order valence-electron chi connectivity index (χ2n) is 8.15. The summed E-state index contributed by atoms with van der Waals surface area (Å²) in [7, 11) is -0.904. The molecular formula is C18H44P2+2. The molecule has 20 heavy (non-hydrogen) atoms. The van der Waals surface area contributed by atoms with Crippen molar-refractivity contribution in [1.82, 2.24) is 0 Å². The van der Waals surface area contributed by atoms with Crippen LogP contribution in [0.4, 0.5) is 0 Å². The Hall–Kier alpha value is 0.860. The molecule has 0 aromatic carbocycles. The highest BCUT2D eigenvalue weighted by molar-refractivity contribution is 7.74. The van der Waals surface area contributed by atoms with Gasteiger partial charge in [0.2, 0.25) is 0 Å². The molecule has 0 unspecified atom stereocenters. The standard InChI is InChI=1S/C11H26P.C7H18P/c1-5-6-7-8-9-10-11-12(2,3)4;1-5-6-7-8(2,3)4/h5-11H2,1-4H3;5-7H2,1-4H3/q2*+1. The van der Waals surface area contributed by atoms with E-state index in [-0.39, 0.29) is 0 Å². The van der Waals surface area contributed by atoms with Crippen LogP contribution in [-0.2, 0) is 0 Å². The SMILES string of the molecule is CCCCCCCC[P+](C)(C)C.CCCC[P+](C)(C)C. The summed E-state index contributed by atoms with van der Waals surface area (Å²) in [4.78, 5) is 0. The molecule has 0 aromatic heterocycles. The molecule has 2 heteroatoms. The summed E-state index contributed by atoms with van der Waals surface area (Å²) < 4.78 is 0. The summed E-state index contributed by atoms with van der Waals surface area (Å²) in [5, 5.41) is 0. The molecule has 0 aromatic rings. The fourth-order valence-corrected chi connectivity index (χ4v) is 4.44. The van der Waals surface area contributed by atoms with Gasteiger partial charge in [0.15, 0.2) is 0 Å². The Kier molecular flexibility index (Phi) is 15.6. The van der Waals surface area contributed by atoms with Gasteiger partial charge in [-0.1, -0.05) is 46.0 Å². The molecule has 0 N–H and O–H groups in total. The van der Waals surface area contributed by atoms with E-state index in [9.17, 15) is 0 Å². The summed E-state index contributed by atoms with van der Waals surface area (Å²) in [5.74, 6) is 0. The minimum atomic E-state index is -0.471. The van der Waals surface area contributed by atoms with E-state index in [1.165, 1.54) is 63.7 Å². The Morgan fingerprint density at radius 2 is 0.800 bits per heavy atom. The highest BCUT2D eigenvalue weighted by Gasteiger charge is 2.15. The summed E-state index contributed by atoms with van der Waals surface area (Å²) >= 11 is 0. The van der Waals surface area contributed by atoms with E-state index >= 15 is 0 Å². The second kappa shape index (κ2) is 13.5. The molecule has 0 radical (unpaired) electrons. The van der Waals surface area contributed by atoms with Gasteiger partial charge in [-0.15, -0.1) is 0 Å². The van der Waals surface area contributed by atoms with Gasteiger partial charge in [-0.05, 0) is 19.3 Å². The summed E-state index contributed by atoms with van der Waals surface area (Å²) in [6.45, 7) is 19.1. The number of unbranched alkanes of at least 4 members (excludes halogenated alkanes) is 6. The van der Waals surface area contributed by atoms with Crippen LogP contribution in [0.15, 0.2) is 0 Å². The number of hydrogen-bond donors (Lipinski definition) is 0. The molecule has 0 fully saturated rings. The van der Waals surface area contributed by atoms with Crippen molar-refractivity contribution in [2.45, 2.75) is 65.2 Å². The normalized spacial score (nSPS) is 12.0. The van der Waals surface area contributed by atoms with Gasteiger partial charge in [0.1, 0.15) is 0 Å². The van der Waals surface area contributed by atoms with Crippen LogP contribution >= 0.6 is 14.5 Å². The van der Waals surface area contributed by atoms with Gasteiger partial charge in [-0.25, -0.2) is 0 Å². The van der Waals surface area contributed by atoms with Crippen LogP contribution in [0.3, 0.4) is 0 Å². The predicted molar refractivity (Wildman–Crippen MR) is 107 cm³/mol. The fourth-order valence-electron chi connectivity index (χ4n) is 2.00. The van der Waals surface area contributed by atoms with E-state index in [0.29, 0.717) is 0 Å². The Balaban J connectivity index is 0. The average Bonchev–Trinajstić information content (AvgIpc) is 2.29. The Morgan fingerprint density at radius 3 is 1.15 bits per heavy atom. The molecule has 0 bridgehead atoms. The molecule has 0 amide bonds. The van der Waals surface area contributed by atoms with Crippen molar-refractivity contribution in [2.75, 3.05) is 52.3 Å². The molecule has 0 heterocycles. The maximum absolute atomic E-state index is 2.44. The third-order valence-electron chi connectivity index (χ3n) is 3.36. The molecule has 0 nitrogen and oxygen atoms in total. The first-order chi connectivity index (χ1) is 9.12. The van der Waals surface area contributed by atoms with Crippen molar-refractivity contribution in [1.29, 1.82) is 0 Å². The van der Waals surface area contributed by atoms with Crippen molar-refractivity contribution < 1.29 is 0 Å². The summed E-state index contributed by atoms with van der Waals surface area (Å²) in [6, 6.07) is 0. The Labute approximate surface area is 132 Å². The first kappa shape index (κ1) is 23.1. The zero-order valence-electron chi connectivity index (χ0n) is 16.0. The summed E-state index contributed by atoms with van der Waals surface area (Å²) in [5.41, 5.74) is 0. The van der Waals surface area contributed by atoms with Gasteiger partial charge in [-0.3, -0.25) is 0 Å². The highest BCUT2D eigenvalue weighted by Crippen LogP contribution is 2.47. The van der Waals surface area contributed by atoms with Gasteiger partial charge < -0.3 is 0 Å². The van der Waals surface area contributed by atoms with Gasteiger partial charge in [0, 0.05) is 54.5 Å². The molecule has 0 aliphatic rings. The average molecular weight is 322 g/mol. The van der Waals surface area contributed by atoms with E-state index in [1.54, 1.807) is 0 Å². The maximum atomic E-state index is 2.44. The van der Waals surface area contributed by atoms with Crippen LogP contribution in [0, 0.1) is 0 Å². The molecular weight excluding hydrogens is 278 g/mol. The molecule has 0 saturated heterocycles. The molecule has 0 saturated carbocycles. The minimum absolute atomic E-state index is 0.432. The minimum Gasteiger partial charge on any atom is -0.0654 e. The lowest BCUT2D eigenvalue weighted by Crippen LogP contribution is -1.92. The first-order valence-electron chi connectivity index (χ1n) is 8.73. The van der Waals surface area contributed by atoms with Crippen LogP contribution < -0.4 is 0 Å². The molecule has 0 aliphatic heterocycles. The molecule has 0 atom stereocenters. The summed E-state index contributed by atoms with van der Waals surface area (Å²) in [6.07, 6.45) is 14.4. The van der Waals surface area contributed by atoms with Gasteiger partial charge in [-0.2, -0.15) is 0 Å². The molecule has 0 rings (SSSR count). The Bertz CT molecular complexity index is 187. The van der Waals surface area contributed by atoms with Crippen molar-refractivity contribution in [2.24, 2.45) is 0 Å². The lowest BCUT2D eigenvalue weighted by atomic mass is 10.1. The van der Waals surface area contributed by atoms with Crippen LogP contribution in [0.5, 0.6) is 0 Å². The van der Waals surface area contributed by atoms with Gasteiger partial charge in [0.25, 0.3) is 0 Å². The molecule has 124 valence electrons. The van der Waals surface area contributed by atoms with E-state index in [1.807, 2.05) is 0 Å². The largest absolute Gasteiger partial charge is 0.0654 e. The van der Waals surface area contributed by atoms with Crippen LogP contribution in [0.2, 0.25) is 0 Å². The van der Waals surface area contributed by atoms with Crippen molar-refractivity contribution in [3.05, 3.63) is 0 Å². The third kappa shape index (κ3) is 27.2. The van der Waals surface area contributed by atoms with E-state index in [2.05, 4.69) is 53.8 Å². The third-order valence-corrected chi connectivity index (χ3v) is 6.68. The van der Waals surface area contributed by atoms with Crippen LogP contribution in [-0.4, -0.2) is 52.3 Å². The number of hydrogen-bond acceptors (Lipinski definition) is 0. The molecule has 0 aliphatic carbocycles. The van der Waals surface area contributed by atoms with Crippen LogP contribution in [0.25, 0.3) is 0 Å². The lowest BCUT2D eigenvalue weighted by molar-refractivity contribution is 0.626. The van der Waals surface area contributed by atoms with E-state index in [0.717, 1.165) is 0 Å². The van der Waals surface area contributed by atoms with Crippen molar-refractivity contribution >= 4 is 14.5 Å². The van der Waals surface area contributed by atoms with Crippen LogP contribution in [0.1, 0.15) is 65.2 Å². The van der Waals surface area contributed by atoms with Crippen molar-refractivity contribution in [3.8, 4) is 0 Å². The predicted octanol–water partition coefficient (Wildman–Crippen LogP) is 6.95. The zero-order chi connectivity index (χ0) is 16.1. The number of rotatable bonds is 10. The lowest BCUT2D eigenvalue weighted by Gasteiger charge is -2.10. The zero-order valence-corrected chi connectivity index (χ0v) is 17.8.